The molecule has 0 unspecified atom stereocenters. The number of nitriles is 1. The summed E-state index contributed by atoms with van der Waals surface area (Å²) >= 11 is 0. The highest BCUT2D eigenvalue weighted by atomic mass is 32.2. The van der Waals surface area contributed by atoms with E-state index < -0.39 is 9.84 Å². The molecule has 1 saturated heterocycles. The van der Waals surface area contributed by atoms with Gasteiger partial charge in [0.25, 0.3) is 5.91 Å². The predicted molar refractivity (Wildman–Crippen MR) is 90.3 cm³/mol. The first-order chi connectivity index (χ1) is 11.4. The summed E-state index contributed by atoms with van der Waals surface area (Å²) in [5.41, 5.74) is 0.365. The van der Waals surface area contributed by atoms with Crippen LogP contribution in [-0.2, 0) is 14.6 Å². The standard InChI is InChI=1S/C17H22N2O4S/c1-3-13(2)19(15-8-9-24(21,22)12-15)17(20)11-23-16-7-5-4-6-14(16)10-18/h4-7,13,15H,3,8-9,11-12H2,1-2H3/t13-,15+/m0/s1. The van der Waals surface area contributed by atoms with Gasteiger partial charge in [0.05, 0.1) is 17.1 Å². The van der Waals surface area contributed by atoms with E-state index in [0.717, 1.165) is 6.42 Å². The van der Waals surface area contributed by atoms with Gasteiger partial charge in [-0.2, -0.15) is 5.26 Å². The number of hydrogen-bond acceptors (Lipinski definition) is 5. The Bertz CT molecular complexity index is 739. The largest absolute Gasteiger partial charge is 0.482 e. The van der Waals surface area contributed by atoms with Crippen LogP contribution in [0.1, 0.15) is 32.3 Å². The SMILES string of the molecule is CC[C@H](C)N(C(=O)COc1ccccc1C#N)[C@@H]1CCS(=O)(=O)C1. The van der Waals surface area contributed by atoms with E-state index in [1.165, 1.54) is 0 Å². The molecule has 1 aromatic carbocycles. The van der Waals surface area contributed by atoms with Gasteiger partial charge in [-0.15, -0.1) is 0 Å². The molecule has 6 nitrogen and oxygen atoms in total. The Labute approximate surface area is 142 Å². The van der Waals surface area contributed by atoms with Gasteiger partial charge >= 0.3 is 0 Å². The van der Waals surface area contributed by atoms with Gasteiger partial charge in [0.2, 0.25) is 0 Å². The van der Waals surface area contributed by atoms with Gasteiger partial charge < -0.3 is 9.64 Å². The lowest BCUT2D eigenvalue weighted by Crippen LogP contribution is -2.48. The van der Waals surface area contributed by atoms with Crippen LogP contribution in [0.5, 0.6) is 5.75 Å². The molecule has 0 aliphatic carbocycles. The molecule has 1 heterocycles. The van der Waals surface area contributed by atoms with Crippen LogP contribution in [0.4, 0.5) is 0 Å². The number of amides is 1. The Hall–Kier alpha value is -2.07. The van der Waals surface area contributed by atoms with Gasteiger partial charge in [-0.3, -0.25) is 4.79 Å². The molecular formula is C17H22N2O4S. The molecule has 2 atom stereocenters. The van der Waals surface area contributed by atoms with E-state index in [0.29, 0.717) is 17.7 Å². The second-order valence-electron chi connectivity index (χ2n) is 6.01. The van der Waals surface area contributed by atoms with Crippen LogP contribution in [0.25, 0.3) is 0 Å². The summed E-state index contributed by atoms with van der Waals surface area (Å²) in [6, 6.07) is 8.37. The second kappa shape index (κ2) is 7.67. The summed E-state index contributed by atoms with van der Waals surface area (Å²) < 4.78 is 29.0. The summed E-state index contributed by atoms with van der Waals surface area (Å²) in [4.78, 5) is 14.3. The van der Waals surface area contributed by atoms with E-state index in [-0.39, 0.29) is 36.1 Å². The molecule has 1 aliphatic heterocycles. The number of ether oxygens (including phenoxy) is 1. The molecule has 0 bridgehead atoms. The number of carbonyl (C=O) groups is 1. The lowest BCUT2D eigenvalue weighted by molar-refractivity contribution is -0.137. The quantitative estimate of drug-likeness (QED) is 0.780. The molecule has 1 aliphatic rings. The fraction of sp³-hybridized carbons (Fsp3) is 0.529. The summed E-state index contributed by atoms with van der Waals surface area (Å²) in [6.45, 7) is 3.66. The fourth-order valence-electron chi connectivity index (χ4n) is 2.90. The van der Waals surface area contributed by atoms with Crippen LogP contribution >= 0.6 is 0 Å². The maximum absolute atomic E-state index is 12.6. The normalized spacial score (nSPS) is 20.1. The van der Waals surface area contributed by atoms with Crippen LogP contribution in [0, 0.1) is 11.3 Å². The molecule has 130 valence electrons. The van der Waals surface area contributed by atoms with Gasteiger partial charge in [0.15, 0.2) is 16.4 Å². The molecule has 24 heavy (non-hydrogen) atoms. The maximum atomic E-state index is 12.6. The first-order valence-electron chi connectivity index (χ1n) is 8.01. The Morgan fingerprint density at radius 2 is 2.17 bits per heavy atom. The van der Waals surface area contributed by atoms with Crippen LogP contribution in [0.15, 0.2) is 24.3 Å². The van der Waals surface area contributed by atoms with Crippen molar-refractivity contribution < 1.29 is 17.9 Å². The zero-order chi connectivity index (χ0) is 17.7. The van der Waals surface area contributed by atoms with E-state index in [1.54, 1.807) is 29.2 Å². The number of hydrogen-bond donors (Lipinski definition) is 0. The van der Waals surface area contributed by atoms with Crippen molar-refractivity contribution >= 4 is 15.7 Å². The van der Waals surface area contributed by atoms with Crippen LogP contribution in [0.2, 0.25) is 0 Å². The molecule has 2 rings (SSSR count). The van der Waals surface area contributed by atoms with Crippen LogP contribution < -0.4 is 4.74 Å². The lowest BCUT2D eigenvalue weighted by atomic mass is 10.1. The number of carbonyl (C=O) groups excluding carboxylic acids is 1. The highest BCUT2D eigenvalue weighted by molar-refractivity contribution is 7.91. The average Bonchev–Trinajstić information content (AvgIpc) is 2.92. The Morgan fingerprint density at radius 1 is 1.46 bits per heavy atom. The molecule has 1 fully saturated rings. The van der Waals surface area contributed by atoms with E-state index >= 15 is 0 Å². The summed E-state index contributed by atoms with van der Waals surface area (Å²) in [5, 5.41) is 9.06. The molecule has 0 spiro atoms. The van der Waals surface area contributed by atoms with Crippen LogP contribution in [-0.4, -0.2) is 49.4 Å². The summed E-state index contributed by atoms with van der Waals surface area (Å²) in [6.07, 6.45) is 1.20. The number of para-hydroxylation sites is 1. The molecular weight excluding hydrogens is 328 g/mol. The minimum atomic E-state index is -3.07. The van der Waals surface area contributed by atoms with Crippen molar-refractivity contribution in [2.24, 2.45) is 0 Å². The molecule has 0 radical (unpaired) electrons. The van der Waals surface area contributed by atoms with Gasteiger partial charge in [0.1, 0.15) is 11.8 Å². The number of nitrogens with zero attached hydrogens (tertiary/aromatic N) is 2. The zero-order valence-corrected chi connectivity index (χ0v) is 14.8. The number of benzene rings is 1. The second-order valence-corrected chi connectivity index (χ2v) is 8.24. The van der Waals surface area contributed by atoms with E-state index in [2.05, 4.69) is 0 Å². The molecule has 1 aromatic rings. The van der Waals surface area contributed by atoms with Crippen molar-refractivity contribution in [1.29, 1.82) is 5.26 Å². The first-order valence-corrected chi connectivity index (χ1v) is 9.83. The minimum Gasteiger partial charge on any atom is -0.482 e. The number of rotatable bonds is 6. The van der Waals surface area contributed by atoms with E-state index in [1.807, 2.05) is 19.9 Å². The predicted octanol–water partition coefficient (Wildman–Crippen LogP) is 1.75. The van der Waals surface area contributed by atoms with Gasteiger partial charge in [-0.1, -0.05) is 19.1 Å². The monoisotopic (exact) mass is 350 g/mol. The van der Waals surface area contributed by atoms with Crippen molar-refractivity contribution in [3.8, 4) is 11.8 Å². The molecule has 0 saturated carbocycles. The Morgan fingerprint density at radius 3 is 2.75 bits per heavy atom. The van der Waals surface area contributed by atoms with Gasteiger partial charge in [0, 0.05) is 12.1 Å². The third-order valence-corrected chi connectivity index (χ3v) is 6.06. The molecule has 1 amide bonds. The highest BCUT2D eigenvalue weighted by Gasteiger charge is 2.36. The Kier molecular flexibility index (Phi) is 5.84. The van der Waals surface area contributed by atoms with Crippen molar-refractivity contribution in [2.75, 3.05) is 18.1 Å². The topological polar surface area (TPSA) is 87.5 Å². The molecule has 0 N–H and O–H groups in total. The van der Waals surface area contributed by atoms with E-state index in [9.17, 15) is 13.2 Å². The van der Waals surface area contributed by atoms with Crippen molar-refractivity contribution in [3.63, 3.8) is 0 Å². The average molecular weight is 350 g/mol. The van der Waals surface area contributed by atoms with Crippen molar-refractivity contribution in [2.45, 2.75) is 38.8 Å². The first kappa shape index (κ1) is 18.3. The zero-order valence-electron chi connectivity index (χ0n) is 13.9. The van der Waals surface area contributed by atoms with Crippen molar-refractivity contribution in [3.05, 3.63) is 29.8 Å². The minimum absolute atomic E-state index is 0.0118. The van der Waals surface area contributed by atoms with Gasteiger partial charge in [-0.25, -0.2) is 8.42 Å². The third kappa shape index (κ3) is 4.26. The van der Waals surface area contributed by atoms with Gasteiger partial charge in [-0.05, 0) is 31.9 Å². The third-order valence-electron chi connectivity index (χ3n) is 4.31. The van der Waals surface area contributed by atoms with Crippen molar-refractivity contribution in [1.82, 2.24) is 4.90 Å². The summed E-state index contributed by atoms with van der Waals surface area (Å²) in [5.74, 6) is 0.240. The smallest absolute Gasteiger partial charge is 0.261 e. The molecule has 0 aromatic heterocycles. The fourth-order valence-corrected chi connectivity index (χ4v) is 4.61. The Balaban J connectivity index is 2.10. The highest BCUT2D eigenvalue weighted by Crippen LogP contribution is 2.22. The van der Waals surface area contributed by atoms with Crippen LogP contribution in [0.3, 0.4) is 0 Å². The summed E-state index contributed by atoms with van der Waals surface area (Å²) in [7, 11) is -3.07. The molecule has 7 heteroatoms. The number of sulfone groups is 1. The lowest BCUT2D eigenvalue weighted by Gasteiger charge is -2.33. The van der Waals surface area contributed by atoms with E-state index in [4.69, 9.17) is 10.00 Å². The maximum Gasteiger partial charge on any atom is 0.261 e.